The number of nitrogens with one attached hydrogen (secondary N) is 1. The van der Waals surface area contributed by atoms with Gasteiger partial charge in [-0.05, 0) is 68.7 Å². The predicted octanol–water partition coefficient (Wildman–Crippen LogP) is 3.87. The van der Waals surface area contributed by atoms with E-state index in [4.69, 9.17) is 5.11 Å². The van der Waals surface area contributed by atoms with E-state index in [-0.39, 0.29) is 24.8 Å². The molecule has 0 aliphatic heterocycles. The van der Waals surface area contributed by atoms with E-state index in [1.165, 1.54) is 0 Å². The summed E-state index contributed by atoms with van der Waals surface area (Å²) in [6.45, 7) is 10.6. The fourth-order valence-corrected chi connectivity index (χ4v) is 4.59. The molecular formula is C25H37N3O4. The van der Waals surface area contributed by atoms with Gasteiger partial charge < -0.3 is 15.3 Å². The lowest BCUT2D eigenvalue weighted by Crippen LogP contribution is -2.52. The van der Waals surface area contributed by atoms with E-state index in [1.54, 1.807) is 13.0 Å². The first-order valence-electron chi connectivity index (χ1n) is 11.5. The van der Waals surface area contributed by atoms with Crippen molar-refractivity contribution >= 4 is 24.5 Å². The summed E-state index contributed by atoms with van der Waals surface area (Å²) in [5.74, 6) is 0.0822. The average molecular weight is 444 g/mol. The first-order chi connectivity index (χ1) is 15.2. The van der Waals surface area contributed by atoms with Gasteiger partial charge in [-0.1, -0.05) is 32.1 Å². The summed E-state index contributed by atoms with van der Waals surface area (Å²) < 4.78 is 0. The number of carbonyl (C=O) groups excluding carboxylic acids is 2. The maximum atomic E-state index is 12.5. The Morgan fingerprint density at radius 3 is 2.50 bits per heavy atom. The molecule has 2 aliphatic carbocycles. The van der Waals surface area contributed by atoms with Gasteiger partial charge in [0.2, 0.25) is 5.91 Å². The van der Waals surface area contributed by atoms with Crippen molar-refractivity contribution in [1.82, 2.24) is 10.2 Å². The molecule has 0 radical (unpaired) electrons. The smallest absolute Gasteiger partial charge is 0.305 e. The van der Waals surface area contributed by atoms with Crippen LogP contribution in [-0.2, 0) is 14.4 Å². The van der Waals surface area contributed by atoms with Crippen LogP contribution in [0.4, 0.5) is 0 Å². The van der Waals surface area contributed by atoms with Gasteiger partial charge in [0.1, 0.15) is 5.66 Å². The molecule has 0 unspecified atom stereocenters. The molecular weight excluding hydrogens is 406 g/mol. The van der Waals surface area contributed by atoms with Crippen molar-refractivity contribution in [3.8, 4) is 0 Å². The molecule has 0 heterocycles. The second-order valence-electron chi connectivity index (χ2n) is 9.05. The van der Waals surface area contributed by atoms with Crippen molar-refractivity contribution < 1.29 is 19.5 Å². The summed E-state index contributed by atoms with van der Waals surface area (Å²) in [6, 6.07) is 0. The summed E-state index contributed by atoms with van der Waals surface area (Å²) in [5, 5.41) is 11.3. The quantitative estimate of drug-likeness (QED) is 0.501. The van der Waals surface area contributed by atoms with Gasteiger partial charge in [0.15, 0.2) is 0 Å². The molecule has 0 aromatic carbocycles. The van der Waals surface area contributed by atoms with Crippen LogP contribution in [0, 0.1) is 11.8 Å². The number of rotatable bonds is 10. The molecule has 7 nitrogen and oxygen atoms in total. The minimum absolute atomic E-state index is 0.00946. The predicted molar refractivity (Wildman–Crippen MR) is 126 cm³/mol. The van der Waals surface area contributed by atoms with Gasteiger partial charge in [0.25, 0.3) is 5.91 Å². The Morgan fingerprint density at radius 1 is 1.25 bits per heavy atom. The molecule has 2 rings (SSSR count). The Kier molecular flexibility index (Phi) is 9.42. The van der Waals surface area contributed by atoms with Gasteiger partial charge >= 0.3 is 5.97 Å². The molecule has 0 aromatic heterocycles. The fourth-order valence-electron chi connectivity index (χ4n) is 4.59. The summed E-state index contributed by atoms with van der Waals surface area (Å²) >= 11 is 0. The summed E-state index contributed by atoms with van der Waals surface area (Å²) in [7, 11) is 0. The Morgan fingerprint density at radius 2 is 1.94 bits per heavy atom. The molecule has 2 amide bonds. The first kappa shape index (κ1) is 25.6. The minimum atomic E-state index is -0.945. The summed E-state index contributed by atoms with van der Waals surface area (Å²) in [5.41, 5.74) is 1.04. The van der Waals surface area contributed by atoms with E-state index in [9.17, 15) is 14.4 Å². The lowest BCUT2D eigenvalue weighted by molar-refractivity contribution is -0.138. The minimum Gasteiger partial charge on any atom is -0.481 e. The van der Waals surface area contributed by atoms with Crippen LogP contribution in [0.25, 0.3) is 0 Å². The number of amides is 2. The fraction of sp³-hybridized carbons (Fsp3) is 0.600. The van der Waals surface area contributed by atoms with Crippen LogP contribution in [0.5, 0.6) is 0 Å². The van der Waals surface area contributed by atoms with Gasteiger partial charge in [0, 0.05) is 25.6 Å². The number of carboxylic acids is 1. The van der Waals surface area contributed by atoms with Crippen molar-refractivity contribution in [3.63, 3.8) is 0 Å². The zero-order valence-corrected chi connectivity index (χ0v) is 19.6. The second kappa shape index (κ2) is 11.8. The molecule has 0 aromatic rings. The standard InChI is InChI=1S/C25H37N3O4/c1-18(2)21-10-14-25(26-4,15-11-21)28(19(3)29)17-13-20-6-5-7-22(9-8-20)24(32)27-16-12-23(30)31/h6-9,18,21H,4-5,10-17H2,1-3H3,(H,27,32)(H,30,31). The van der Waals surface area contributed by atoms with E-state index >= 15 is 0 Å². The number of allylic oxidation sites excluding steroid dienone is 3. The number of carbonyl (C=O) groups is 3. The van der Waals surface area contributed by atoms with Gasteiger partial charge in [-0.2, -0.15) is 0 Å². The van der Waals surface area contributed by atoms with Crippen LogP contribution < -0.4 is 5.32 Å². The van der Waals surface area contributed by atoms with Crippen LogP contribution in [-0.4, -0.2) is 53.3 Å². The molecule has 1 fully saturated rings. The highest BCUT2D eigenvalue weighted by Gasteiger charge is 2.41. The third-order valence-corrected chi connectivity index (χ3v) is 6.66. The van der Waals surface area contributed by atoms with E-state index in [0.29, 0.717) is 36.8 Å². The number of aliphatic carboxylic acids is 1. The number of hydrogen-bond acceptors (Lipinski definition) is 4. The largest absolute Gasteiger partial charge is 0.481 e. The van der Waals surface area contributed by atoms with E-state index in [0.717, 1.165) is 31.3 Å². The lowest BCUT2D eigenvalue weighted by Gasteiger charge is -2.45. The number of carboxylic acid groups (broad SMARTS) is 1. The highest BCUT2D eigenvalue weighted by Crippen LogP contribution is 2.40. The third kappa shape index (κ3) is 6.90. The first-order valence-corrected chi connectivity index (χ1v) is 11.5. The molecule has 32 heavy (non-hydrogen) atoms. The Labute approximate surface area is 191 Å². The molecule has 0 saturated heterocycles. The van der Waals surface area contributed by atoms with E-state index in [2.05, 4.69) is 37.0 Å². The Balaban J connectivity index is 1.97. The molecule has 176 valence electrons. The van der Waals surface area contributed by atoms with Gasteiger partial charge in [-0.15, -0.1) is 0 Å². The average Bonchev–Trinajstić information content (AvgIpc) is 2.99. The van der Waals surface area contributed by atoms with Gasteiger partial charge in [-0.3, -0.25) is 19.4 Å². The van der Waals surface area contributed by atoms with Crippen LogP contribution in [0.3, 0.4) is 0 Å². The summed E-state index contributed by atoms with van der Waals surface area (Å²) in [6.07, 6.45) is 12.5. The molecule has 0 spiro atoms. The van der Waals surface area contributed by atoms with Crippen molar-refractivity contribution in [2.24, 2.45) is 16.8 Å². The molecule has 1 saturated carbocycles. The molecule has 0 bridgehead atoms. The lowest BCUT2D eigenvalue weighted by atomic mass is 9.76. The molecule has 2 aliphatic rings. The molecule has 0 atom stereocenters. The summed E-state index contributed by atoms with van der Waals surface area (Å²) in [4.78, 5) is 41.7. The van der Waals surface area contributed by atoms with Gasteiger partial charge in [0.05, 0.1) is 6.42 Å². The third-order valence-electron chi connectivity index (χ3n) is 6.66. The highest BCUT2D eigenvalue weighted by molar-refractivity contribution is 5.96. The van der Waals surface area contributed by atoms with E-state index < -0.39 is 11.6 Å². The Bertz CT molecular complexity index is 802. The number of nitrogens with zero attached hydrogens (tertiary/aromatic N) is 2. The van der Waals surface area contributed by atoms with Crippen molar-refractivity contribution in [2.45, 2.75) is 71.4 Å². The maximum Gasteiger partial charge on any atom is 0.305 e. The SMILES string of the molecule is C=NC1(N(CCC2=CCC=C(C(=O)NCCC(=O)O)C=C2)C(C)=O)CCC(C(C)C)CC1. The number of hydrogen-bond donors (Lipinski definition) is 2. The monoisotopic (exact) mass is 443 g/mol. The van der Waals surface area contributed by atoms with Crippen LogP contribution in [0.1, 0.15) is 65.7 Å². The van der Waals surface area contributed by atoms with Crippen LogP contribution >= 0.6 is 0 Å². The molecule has 7 heteroatoms. The maximum absolute atomic E-state index is 12.5. The normalized spacial score (nSPS) is 23.1. The highest BCUT2D eigenvalue weighted by atomic mass is 16.4. The van der Waals surface area contributed by atoms with E-state index in [1.807, 2.05) is 17.1 Å². The zero-order chi connectivity index (χ0) is 23.7. The van der Waals surface area contributed by atoms with Crippen molar-refractivity contribution in [1.29, 1.82) is 0 Å². The van der Waals surface area contributed by atoms with Gasteiger partial charge in [-0.25, -0.2) is 0 Å². The van der Waals surface area contributed by atoms with Crippen molar-refractivity contribution in [2.75, 3.05) is 13.1 Å². The Hall–Kier alpha value is -2.70. The number of aliphatic imine (C=N–C) groups is 1. The zero-order valence-electron chi connectivity index (χ0n) is 19.6. The second-order valence-corrected chi connectivity index (χ2v) is 9.05. The topological polar surface area (TPSA) is 99.1 Å². The molecule has 2 N–H and O–H groups in total. The van der Waals surface area contributed by atoms with Crippen LogP contribution in [0.15, 0.2) is 40.4 Å². The van der Waals surface area contributed by atoms with Crippen LogP contribution in [0.2, 0.25) is 0 Å². The van der Waals surface area contributed by atoms with Crippen molar-refractivity contribution in [3.05, 3.63) is 35.5 Å².